The molecule has 0 radical (unpaired) electrons. The van der Waals surface area contributed by atoms with E-state index in [0.717, 1.165) is 4.88 Å². The molecule has 3 N–H and O–H groups in total. The summed E-state index contributed by atoms with van der Waals surface area (Å²) < 4.78 is 11.3. The second-order valence-electron chi connectivity index (χ2n) is 7.36. The molecule has 0 bridgehead atoms. The van der Waals surface area contributed by atoms with E-state index >= 15 is 0 Å². The largest absolute Gasteiger partial charge is 0.492 e. The number of ether oxygens (including phenoxy) is 2. The van der Waals surface area contributed by atoms with Gasteiger partial charge in [0.25, 0.3) is 11.8 Å². The van der Waals surface area contributed by atoms with Crippen molar-refractivity contribution in [3.8, 4) is 28.8 Å². The molecule has 9 heteroatoms. The zero-order chi connectivity index (χ0) is 21.5. The number of nitrogens with zero attached hydrogens (tertiary/aromatic N) is 2. The number of aliphatic hydroxyl groups is 1. The zero-order valence-corrected chi connectivity index (χ0v) is 17.4. The van der Waals surface area contributed by atoms with Crippen molar-refractivity contribution in [2.24, 2.45) is 5.73 Å². The molecule has 0 saturated carbocycles. The van der Waals surface area contributed by atoms with Crippen molar-refractivity contribution < 1.29 is 24.2 Å². The second kappa shape index (κ2) is 7.72. The molecule has 0 spiro atoms. The molecule has 1 fully saturated rings. The minimum atomic E-state index is -1.67. The molecular weight excluding hydrogens is 406 g/mol. The first-order chi connectivity index (χ1) is 14.3. The lowest BCUT2D eigenvalue weighted by molar-refractivity contribution is -0.137. The van der Waals surface area contributed by atoms with E-state index < -0.39 is 17.4 Å². The summed E-state index contributed by atoms with van der Waals surface area (Å²) >= 11 is 1.24. The predicted octanol–water partition coefficient (Wildman–Crippen LogP) is 0.976. The maximum Gasteiger partial charge on any atom is 0.277 e. The number of rotatable bonds is 3. The molecule has 2 aliphatic heterocycles. The quantitative estimate of drug-likeness (QED) is 0.706. The Bertz CT molecular complexity index is 1090. The Hall–Kier alpha value is -2.93. The van der Waals surface area contributed by atoms with Gasteiger partial charge in [0.2, 0.25) is 5.60 Å². The van der Waals surface area contributed by atoms with Crippen molar-refractivity contribution in [3.63, 3.8) is 0 Å². The van der Waals surface area contributed by atoms with Gasteiger partial charge in [0.1, 0.15) is 5.75 Å². The molecule has 1 saturated heterocycles. The highest BCUT2D eigenvalue weighted by molar-refractivity contribution is 7.14. The van der Waals surface area contributed by atoms with Crippen molar-refractivity contribution in [3.05, 3.63) is 33.6 Å². The Balaban J connectivity index is 1.76. The lowest BCUT2D eigenvalue weighted by Gasteiger charge is -2.13. The Labute approximate surface area is 177 Å². The minimum Gasteiger partial charge on any atom is -0.492 e. The molecule has 2 aromatic rings. The van der Waals surface area contributed by atoms with E-state index in [1.807, 2.05) is 0 Å². The van der Waals surface area contributed by atoms with Gasteiger partial charge in [-0.3, -0.25) is 9.59 Å². The number of hydrogen-bond acceptors (Lipinski definition) is 7. The molecule has 2 aliphatic rings. The summed E-state index contributed by atoms with van der Waals surface area (Å²) in [6.45, 7) is 1.25. The minimum absolute atomic E-state index is 0.0927. The fourth-order valence-electron chi connectivity index (χ4n) is 3.56. The van der Waals surface area contributed by atoms with E-state index in [0.29, 0.717) is 42.3 Å². The SMILES string of the molecule is COCC1COc2ccc(C#C[C@]3(O)CCN(C)C3=O)cc2-c2nc(C(N)=O)sc21. The van der Waals surface area contributed by atoms with Crippen molar-refractivity contribution in [1.82, 2.24) is 9.88 Å². The zero-order valence-electron chi connectivity index (χ0n) is 16.6. The highest BCUT2D eigenvalue weighted by Gasteiger charge is 2.42. The smallest absolute Gasteiger partial charge is 0.277 e. The molecule has 1 unspecified atom stereocenters. The van der Waals surface area contributed by atoms with Crippen LogP contribution in [0.15, 0.2) is 18.2 Å². The number of likely N-dealkylation sites (tertiary alicyclic amines) is 1. The van der Waals surface area contributed by atoms with Gasteiger partial charge in [0.05, 0.1) is 24.8 Å². The maximum atomic E-state index is 12.1. The highest BCUT2D eigenvalue weighted by atomic mass is 32.1. The van der Waals surface area contributed by atoms with Gasteiger partial charge in [-0.05, 0) is 18.2 Å². The van der Waals surface area contributed by atoms with Gasteiger partial charge in [0.15, 0.2) is 5.01 Å². The Kier molecular flexibility index (Phi) is 5.24. The summed E-state index contributed by atoms with van der Waals surface area (Å²) in [7, 11) is 3.24. The van der Waals surface area contributed by atoms with Crippen LogP contribution in [0.1, 0.15) is 32.6 Å². The maximum absolute atomic E-state index is 12.1. The van der Waals surface area contributed by atoms with Crippen molar-refractivity contribution in [2.75, 3.05) is 33.9 Å². The molecule has 2 atom stereocenters. The first-order valence-electron chi connectivity index (χ1n) is 9.40. The molecule has 1 aromatic heterocycles. The normalized spacial score (nSPS) is 22.4. The van der Waals surface area contributed by atoms with Crippen LogP contribution in [0.4, 0.5) is 0 Å². The highest BCUT2D eigenvalue weighted by Crippen LogP contribution is 2.42. The Morgan fingerprint density at radius 3 is 3.00 bits per heavy atom. The Morgan fingerprint density at radius 1 is 1.53 bits per heavy atom. The molecule has 2 amide bonds. The topological polar surface area (TPSA) is 115 Å². The number of hydrogen-bond donors (Lipinski definition) is 2. The van der Waals surface area contributed by atoms with E-state index in [-0.39, 0.29) is 17.3 Å². The van der Waals surface area contributed by atoms with Crippen LogP contribution in [-0.2, 0) is 9.53 Å². The van der Waals surface area contributed by atoms with Crippen LogP contribution >= 0.6 is 11.3 Å². The fourth-order valence-corrected chi connectivity index (χ4v) is 4.56. The number of amides is 2. The number of fused-ring (bicyclic) bond motifs is 3. The van der Waals surface area contributed by atoms with Gasteiger partial charge < -0.3 is 25.2 Å². The van der Waals surface area contributed by atoms with Crippen LogP contribution in [0.3, 0.4) is 0 Å². The van der Waals surface area contributed by atoms with E-state index in [9.17, 15) is 14.7 Å². The molecule has 1 aromatic carbocycles. The molecule has 30 heavy (non-hydrogen) atoms. The van der Waals surface area contributed by atoms with Crippen LogP contribution in [0, 0.1) is 11.8 Å². The molecule has 0 aliphatic carbocycles. The number of carbonyl (C=O) groups is 2. The fraction of sp³-hybridized carbons (Fsp3) is 0.381. The van der Waals surface area contributed by atoms with Crippen LogP contribution in [-0.4, -0.2) is 66.3 Å². The third kappa shape index (κ3) is 3.54. The number of primary amides is 1. The molecule has 4 rings (SSSR count). The summed E-state index contributed by atoms with van der Waals surface area (Å²) in [5, 5.41) is 10.7. The van der Waals surface area contributed by atoms with Crippen LogP contribution in [0.2, 0.25) is 0 Å². The first kappa shape index (κ1) is 20.3. The average molecular weight is 427 g/mol. The van der Waals surface area contributed by atoms with E-state index in [1.54, 1.807) is 32.4 Å². The number of likely N-dealkylation sites (N-methyl/N-ethyl adjacent to an activating group) is 1. The number of thiazole rings is 1. The molecule has 8 nitrogen and oxygen atoms in total. The lowest BCUT2D eigenvalue weighted by atomic mass is 10.0. The van der Waals surface area contributed by atoms with Crippen LogP contribution < -0.4 is 10.5 Å². The van der Waals surface area contributed by atoms with Crippen molar-refractivity contribution >= 4 is 23.2 Å². The monoisotopic (exact) mass is 427 g/mol. The number of aromatic nitrogens is 1. The van der Waals surface area contributed by atoms with E-state index in [4.69, 9.17) is 15.2 Å². The lowest BCUT2D eigenvalue weighted by Crippen LogP contribution is -2.37. The van der Waals surface area contributed by atoms with Gasteiger partial charge in [-0.25, -0.2) is 4.98 Å². The third-order valence-electron chi connectivity index (χ3n) is 5.20. The summed E-state index contributed by atoms with van der Waals surface area (Å²) in [4.78, 5) is 30.6. The average Bonchev–Trinajstić information content (AvgIpc) is 3.24. The van der Waals surface area contributed by atoms with Gasteiger partial charge >= 0.3 is 0 Å². The second-order valence-corrected chi connectivity index (χ2v) is 8.39. The van der Waals surface area contributed by atoms with Crippen LogP contribution in [0.5, 0.6) is 5.75 Å². The van der Waals surface area contributed by atoms with Gasteiger partial charge in [-0.15, -0.1) is 11.3 Å². The number of carbonyl (C=O) groups excluding carboxylic acids is 2. The van der Waals surface area contributed by atoms with E-state index in [1.165, 1.54) is 16.2 Å². The number of methoxy groups -OCH3 is 1. The van der Waals surface area contributed by atoms with Gasteiger partial charge in [-0.1, -0.05) is 11.8 Å². The first-order valence-corrected chi connectivity index (χ1v) is 10.2. The molecule has 156 valence electrons. The van der Waals surface area contributed by atoms with E-state index in [2.05, 4.69) is 16.8 Å². The predicted molar refractivity (Wildman–Crippen MR) is 110 cm³/mol. The summed E-state index contributed by atoms with van der Waals surface area (Å²) in [5.41, 5.74) is 5.67. The third-order valence-corrected chi connectivity index (χ3v) is 6.43. The molecular formula is C21H21N3O5S. The summed E-state index contributed by atoms with van der Waals surface area (Å²) in [6, 6.07) is 5.32. The summed E-state index contributed by atoms with van der Waals surface area (Å²) in [5.74, 6) is 5.14. The Morgan fingerprint density at radius 2 is 2.33 bits per heavy atom. The molecule has 3 heterocycles. The van der Waals surface area contributed by atoms with Crippen LogP contribution in [0.25, 0.3) is 11.3 Å². The number of nitrogens with two attached hydrogens (primary N) is 1. The van der Waals surface area contributed by atoms with Crippen molar-refractivity contribution in [2.45, 2.75) is 17.9 Å². The van der Waals surface area contributed by atoms with Crippen molar-refractivity contribution in [1.29, 1.82) is 0 Å². The van der Waals surface area contributed by atoms with Gasteiger partial charge in [0, 0.05) is 43.1 Å². The number of benzene rings is 1. The standard InChI is InChI=1S/C21H21N3O5S/c1-24-8-7-21(27,20(24)26)6-5-12-3-4-15-14(9-12)16-17(13(10-28-2)11-29-15)30-19(23-16)18(22)25/h3-4,9,13,27H,7-8,10-11H2,1-2H3,(H2,22,25)/t13?,21-/m0/s1. The summed E-state index contributed by atoms with van der Waals surface area (Å²) in [6.07, 6.45) is 0.264. The van der Waals surface area contributed by atoms with Gasteiger partial charge in [-0.2, -0.15) is 0 Å².